The van der Waals surface area contributed by atoms with E-state index in [9.17, 15) is 13.2 Å². The van der Waals surface area contributed by atoms with Crippen LogP contribution in [0.15, 0.2) is 39.8 Å². The Hall–Kier alpha value is -1.47. The van der Waals surface area contributed by atoms with Crippen LogP contribution in [0, 0.1) is 6.92 Å². The number of carbonyl (C=O) groups excluding carboxylic acids is 1. The maximum atomic E-state index is 13.5. The van der Waals surface area contributed by atoms with Crippen LogP contribution in [0.5, 0.6) is 0 Å². The van der Waals surface area contributed by atoms with E-state index in [0.29, 0.717) is 11.4 Å². The Labute approximate surface area is 230 Å². The van der Waals surface area contributed by atoms with Crippen LogP contribution < -0.4 is 5.32 Å². The van der Waals surface area contributed by atoms with E-state index in [1.54, 1.807) is 49.9 Å². The predicted molar refractivity (Wildman–Crippen MR) is 157 cm³/mol. The molecule has 1 aliphatic rings. The summed E-state index contributed by atoms with van der Waals surface area (Å²) in [5, 5.41) is 2.66. The van der Waals surface area contributed by atoms with Gasteiger partial charge in [-0.15, -0.1) is 0 Å². The van der Waals surface area contributed by atoms with E-state index in [1.807, 2.05) is 6.92 Å². The number of cyclic esters (lactones) is 1. The smallest absolute Gasteiger partial charge is 0.412 e. The van der Waals surface area contributed by atoms with Crippen molar-refractivity contribution in [1.29, 1.82) is 0 Å². The Morgan fingerprint density at radius 3 is 1.78 bits per heavy atom. The number of thioether (sulfide) groups is 1. The molecule has 7 heteroatoms. The standard InChI is InChI=1S/C30H49NO4S2/c1-5-6-7-8-9-10-11-12-13-14-15-16-17-18-23-36-24-27(28-30(3,4)35-29(32)31-28)37(33,34)26-21-19-25(2)20-22-26/h19-22H,5-18,23-24H2,1-4H3,(H,31,32)/b28-27-. The number of unbranched alkanes of at least 4 members (excludes halogenated alkanes) is 13. The van der Waals surface area contributed by atoms with E-state index >= 15 is 0 Å². The maximum absolute atomic E-state index is 13.5. The summed E-state index contributed by atoms with van der Waals surface area (Å²) < 4.78 is 32.4. The molecule has 1 aromatic carbocycles. The van der Waals surface area contributed by atoms with Crippen LogP contribution in [0.1, 0.15) is 116 Å². The van der Waals surface area contributed by atoms with Gasteiger partial charge in [0.25, 0.3) is 0 Å². The number of sulfone groups is 1. The van der Waals surface area contributed by atoms with Crippen molar-refractivity contribution in [2.24, 2.45) is 0 Å². The lowest BCUT2D eigenvalue weighted by molar-refractivity contribution is 0.0976. The van der Waals surface area contributed by atoms with Crippen molar-refractivity contribution in [3.05, 3.63) is 40.4 Å². The first kappa shape index (κ1) is 31.7. The molecule has 210 valence electrons. The van der Waals surface area contributed by atoms with E-state index < -0.39 is 21.5 Å². The van der Waals surface area contributed by atoms with Gasteiger partial charge in [0, 0.05) is 5.75 Å². The Bertz CT molecular complexity index is 952. The van der Waals surface area contributed by atoms with Gasteiger partial charge < -0.3 is 4.74 Å². The van der Waals surface area contributed by atoms with Gasteiger partial charge >= 0.3 is 6.09 Å². The average Bonchev–Trinajstić information content (AvgIpc) is 3.12. The third-order valence-corrected chi connectivity index (χ3v) is 10.1. The zero-order chi connectivity index (χ0) is 27.2. The molecule has 0 saturated carbocycles. The average molecular weight is 552 g/mol. The zero-order valence-electron chi connectivity index (χ0n) is 23.6. The second-order valence-electron chi connectivity index (χ2n) is 10.8. The van der Waals surface area contributed by atoms with Gasteiger partial charge in [-0.25, -0.2) is 13.2 Å². The maximum Gasteiger partial charge on any atom is 0.412 e. The molecule has 5 nitrogen and oxygen atoms in total. The summed E-state index contributed by atoms with van der Waals surface area (Å²) in [4.78, 5) is 12.4. The molecule has 2 rings (SSSR count). The van der Waals surface area contributed by atoms with Gasteiger partial charge in [0.15, 0.2) is 0 Å². The highest BCUT2D eigenvalue weighted by molar-refractivity contribution is 8.02. The fraction of sp³-hybridized carbons (Fsp3) is 0.700. The third kappa shape index (κ3) is 11.0. The van der Waals surface area contributed by atoms with Crippen LogP contribution in [-0.4, -0.2) is 31.6 Å². The molecule has 1 aromatic rings. The Balaban J connectivity index is 1.73. The van der Waals surface area contributed by atoms with Gasteiger partial charge in [0.1, 0.15) is 5.60 Å². The fourth-order valence-electron chi connectivity index (χ4n) is 4.67. The van der Waals surface area contributed by atoms with Crippen molar-refractivity contribution >= 4 is 27.7 Å². The van der Waals surface area contributed by atoms with Crippen molar-refractivity contribution < 1.29 is 17.9 Å². The lowest BCUT2D eigenvalue weighted by Crippen LogP contribution is -2.27. The SMILES string of the molecule is CCCCCCCCCCCCCCCCSC/C(=C1/NC(=O)OC1(C)C)S(=O)(=O)c1ccc(C)cc1. The molecule has 0 aliphatic carbocycles. The van der Waals surface area contributed by atoms with Gasteiger partial charge in [0.05, 0.1) is 15.5 Å². The topological polar surface area (TPSA) is 72.5 Å². The summed E-state index contributed by atoms with van der Waals surface area (Å²) in [6.07, 6.45) is 17.9. The summed E-state index contributed by atoms with van der Waals surface area (Å²) in [6.45, 7) is 7.64. The van der Waals surface area contributed by atoms with Crippen LogP contribution in [0.25, 0.3) is 0 Å². The van der Waals surface area contributed by atoms with Crippen molar-refractivity contribution in [3.8, 4) is 0 Å². The van der Waals surface area contributed by atoms with Crippen LogP contribution in [0.2, 0.25) is 0 Å². The number of ether oxygens (including phenoxy) is 1. The van der Waals surface area contributed by atoms with E-state index in [0.717, 1.165) is 17.7 Å². The van der Waals surface area contributed by atoms with Gasteiger partial charge in [-0.2, -0.15) is 11.8 Å². The molecule has 0 aromatic heterocycles. The minimum Gasteiger partial charge on any atom is -0.437 e. The van der Waals surface area contributed by atoms with Gasteiger partial charge in [0.2, 0.25) is 9.84 Å². The highest BCUT2D eigenvalue weighted by Gasteiger charge is 2.41. The van der Waals surface area contributed by atoms with E-state index in [-0.39, 0.29) is 9.80 Å². The Morgan fingerprint density at radius 1 is 0.838 bits per heavy atom. The molecule has 0 unspecified atom stereocenters. The Morgan fingerprint density at radius 2 is 1.32 bits per heavy atom. The zero-order valence-corrected chi connectivity index (χ0v) is 25.2. The van der Waals surface area contributed by atoms with Gasteiger partial charge in [-0.1, -0.05) is 108 Å². The second-order valence-corrected chi connectivity index (χ2v) is 13.9. The normalized spacial score (nSPS) is 16.5. The number of hydrogen-bond acceptors (Lipinski definition) is 5. The molecule has 0 spiro atoms. The van der Waals surface area contributed by atoms with Gasteiger partial charge in [-0.05, 0) is 45.1 Å². The van der Waals surface area contributed by atoms with Crippen molar-refractivity contribution in [2.75, 3.05) is 11.5 Å². The summed E-state index contributed by atoms with van der Waals surface area (Å²) in [5.41, 5.74) is 0.351. The highest BCUT2D eigenvalue weighted by atomic mass is 32.2. The lowest BCUT2D eigenvalue weighted by atomic mass is 10.0. The number of rotatable bonds is 19. The molecule has 1 saturated heterocycles. The number of aryl methyl sites for hydroxylation is 1. The minimum atomic E-state index is -3.75. The monoisotopic (exact) mass is 551 g/mol. The lowest BCUT2D eigenvalue weighted by Gasteiger charge is -2.21. The third-order valence-electron chi connectivity index (χ3n) is 6.99. The van der Waals surface area contributed by atoms with Crippen molar-refractivity contribution in [3.63, 3.8) is 0 Å². The molecule has 1 fully saturated rings. The molecule has 1 N–H and O–H groups in total. The van der Waals surface area contributed by atoms with Crippen LogP contribution in [0.4, 0.5) is 4.79 Å². The number of amides is 1. The first-order valence-electron chi connectivity index (χ1n) is 14.3. The molecule has 0 bridgehead atoms. The van der Waals surface area contributed by atoms with Crippen LogP contribution in [-0.2, 0) is 14.6 Å². The number of benzene rings is 1. The first-order valence-corrected chi connectivity index (χ1v) is 17.0. The fourth-order valence-corrected chi connectivity index (χ4v) is 7.77. The number of nitrogens with one attached hydrogen (secondary N) is 1. The molecule has 37 heavy (non-hydrogen) atoms. The Kier molecular flexibility index (Phi) is 14.1. The molecule has 0 radical (unpaired) electrons. The molecule has 1 aliphatic heterocycles. The van der Waals surface area contributed by atoms with E-state index in [2.05, 4.69) is 12.2 Å². The van der Waals surface area contributed by atoms with E-state index in [1.165, 1.54) is 83.5 Å². The summed E-state index contributed by atoms with van der Waals surface area (Å²) in [5.74, 6) is 1.21. The minimum absolute atomic E-state index is 0.238. The summed E-state index contributed by atoms with van der Waals surface area (Å²) in [7, 11) is -3.75. The molecule has 0 atom stereocenters. The molecule has 1 heterocycles. The van der Waals surface area contributed by atoms with Crippen molar-refractivity contribution in [1.82, 2.24) is 5.32 Å². The molecular weight excluding hydrogens is 502 g/mol. The number of alkyl carbamates (subject to hydrolysis) is 1. The predicted octanol–water partition coefficient (Wildman–Crippen LogP) is 8.71. The number of carbonyl (C=O) groups is 1. The largest absolute Gasteiger partial charge is 0.437 e. The summed E-state index contributed by atoms with van der Waals surface area (Å²) in [6, 6.07) is 6.86. The molecule has 1 amide bonds. The van der Waals surface area contributed by atoms with E-state index in [4.69, 9.17) is 4.74 Å². The second kappa shape index (κ2) is 16.5. The van der Waals surface area contributed by atoms with Gasteiger partial charge in [-0.3, -0.25) is 5.32 Å². The first-order chi connectivity index (χ1) is 17.7. The van der Waals surface area contributed by atoms with Crippen LogP contribution in [0.3, 0.4) is 0 Å². The number of hydrogen-bond donors (Lipinski definition) is 1. The highest BCUT2D eigenvalue weighted by Crippen LogP contribution is 2.34. The van der Waals surface area contributed by atoms with Crippen LogP contribution >= 0.6 is 11.8 Å². The quantitative estimate of drug-likeness (QED) is 0.174. The summed E-state index contributed by atoms with van der Waals surface area (Å²) >= 11 is 1.62. The van der Waals surface area contributed by atoms with Crippen molar-refractivity contribution in [2.45, 2.75) is 128 Å². The molecular formula is C30H49NO4S2.